The number of rotatable bonds is 3. The molecule has 8 rings (SSSR count). The minimum absolute atomic E-state index is 0.00279. The summed E-state index contributed by atoms with van der Waals surface area (Å²) in [7, 11) is 0. The lowest BCUT2D eigenvalue weighted by Gasteiger charge is -2.65. The van der Waals surface area contributed by atoms with E-state index >= 15 is 0 Å². The molecule has 0 heterocycles. The number of hydrogen-bond acceptors (Lipinski definition) is 9. The fourth-order valence-electron chi connectivity index (χ4n) is 15.6. The van der Waals surface area contributed by atoms with Crippen LogP contribution in [0.2, 0.25) is 0 Å². The van der Waals surface area contributed by atoms with Gasteiger partial charge in [0, 0.05) is 52.9 Å². The van der Waals surface area contributed by atoms with Gasteiger partial charge in [0.2, 0.25) is 0 Å². The third-order valence-corrected chi connectivity index (χ3v) is 17.8. The first-order chi connectivity index (χ1) is 23.8. The van der Waals surface area contributed by atoms with Crippen molar-refractivity contribution >= 4 is 17.5 Å². The summed E-state index contributed by atoms with van der Waals surface area (Å²) in [6, 6.07) is 0. The maximum atomic E-state index is 14.9. The number of fused-ring (bicyclic) bond motifs is 6. The van der Waals surface area contributed by atoms with Crippen molar-refractivity contribution in [3.63, 3.8) is 0 Å². The fraction of sp³-hybridized carbons (Fsp3) is 0.833. The van der Waals surface area contributed by atoms with Crippen LogP contribution in [-0.4, -0.2) is 79.7 Å². The summed E-state index contributed by atoms with van der Waals surface area (Å²) in [5.41, 5.74) is -4.15. The second-order valence-electron chi connectivity index (χ2n) is 20.1. The van der Waals surface area contributed by atoms with Crippen molar-refractivity contribution < 1.29 is 44.7 Å². The van der Waals surface area contributed by atoms with Crippen LogP contribution in [0.15, 0.2) is 23.3 Å². The topological polar surface area (TPSA) is 162 Å². The molecule has 0 aromatic carbocycles. The van der Waals surface area contributed by atoms with Crippen LogP contribution in [0.25, 0.3) is 0 Å². The van der Waals surface area contributed by atoms with E-state index in [9.17, 15) is 39.9 Å². The van der Waals surface area contributed by atoms with E-state index in [0.717, 1.165) is 37.7 Å². The third kappa shape index (κ3) is 4.36. The highest BCUT2D eigenvalue weighted by Crippen LogP contribution is 2.73. The Bertz CT molecular complexity index is 1610. The van der Waals surface area contributed by atoms with E-state index in [-0.39, 0.29) is 66.0 Å². The fourth-order valence-corrected chi connectivity index (χ4v) is 15.6. The van der Waals surface area contributed by atoms with E-state index in [4.69, 9.17) is 4.74 Å². The van der Waals surface area contributed by atoms with Crippen molar-refractivity contribution in [1.82, 2.24) is 0 Å². The molecule has 0 aromatic rings. The second kappa shape index (κ2) is 11.1. The van der Waals surface area contributed by atoms with E-state index in [0.29, 0.717) is 37.7 Å². The molecule has 0 aliphatic heterocycles. The van der Waals surface area contributed by atoms with Crippen LogP contribution in [0.1, 0.15) is 119 Å². The van der Waals surface area contributed by atoms with E-state index in [1.807, 2.05) is 13.0 Å². The molecule has 8 aliphatic carbocycles. The number of aliphatic hydroxyl groups excluding tert-OH is 4. The molecule has 0 unspecified atom stereocenters. The lowest BCUT2D eigenvalue weighted by Crippen LogP contribution is -2.66. The average molecular weight is 709 g/mol. The van der Waals surface area contributed by atoms with Crippen LogP contribution in [-0.2, 0) is 19.1 Å². The van der Waals surface area contributed by atoms with Gasteiger partial charge in [-0.15, -0.1) is 0 Å². The van der Waals surface area contributed by atoms with Crippen molar-refractivity contribution in [3.8, 4) is 0 Å². The molecule has 0 saturated heterocycles. The third-order valence-electron chi connectivity index (χ3n) is 17.8. The zero-order valence-corrected chi connectivity index (χ0v) is 31.4. The molecule has 0 aromatic heterocycles. The van der Waals surface area contributed by atoms with Crippen LogP contribution < -0.4 is 0 Å². The normalized spacial score (nSPS) is 55.5. The van der Waals surface area contributed by atoms with E-state index < -0.39 is 63.1 Å². The minimum atomic E-state index is -1.51. The average Bonchev–Trinajstić information content (AvgIpc) is 3.34. The molecule has 15 atom stereocenters. The first kappa shape index (κ1) is 36.1. The maximum Gasteiger partial charge on any atom is 0.302 e. The summed E-state index contributed by atoms with van der Waals surface area (Å²) < 4.78 is 6.02. The van der Waals surface area contributed by atoms with E-state index in [1.54, 1.807) is 6.08 Å². The quantitative estimate of drug-likeness (QED) is 0.208. The van der Waals surface area contributed by atoms with Gasteiger partial charge in [-0.2, -0.15) is 0 Å². The van der Waals surface area contributed by atoms with Crippen molar-refractivity contribution in [3.05, 3.63) is 23.3 Å². The van der Waals surface area contributed by atoms with Crippen LogP contribution in [0.5, 0.6) is 0 Å². The van der Waals surface area contributed by atoms with Crippen LogP contribution in [0.4, 0.5) is 0 Å². The number of ether oxygens (including phenoxy) is 1. The SMILES string of the molecule is CC(=O)O[C@H]1C[C@]2(O)C[C@@]3(CC[C@@H]4[C@](C)(CO)[C@@H](O)CC[C@@]4(C)[C@H]13)C(=O)/C2=C/C=C1/C(=O)[C@@]23CC[C@@H]4C(C)(C)[C@H](O)C[C@H](O)[C@@]4(C)[C@@H]2CC[C@@H]1C3. The molecule has 282 valence electrons. The Balaban J connectivity index is 1.16. The minimum Gasteiger partial charge on any atom is -0.462 e. The summed E-state index contributed by atoms with van der Waals surface area (Å²) in [6.07, 6.45) is 7.57. The van der Waals surface area contributed by atoms with Gasteiger partial charge in [0.05, 0.1) is 30.5 Å². The highest BCUT2D eigenvalue weighted by Gasteiger charge is 2.75. The zero-order chi connectivity index (χ0) is 36.9. The number of carbonyl (C=O) groups excluding carboxylic acids is 3. The summed E-state index contributed by atoms with van der Waals surface area (Å²) in [6.45, 7) is 11.6. The lowest BCUT2D eigenvalue weighted by atomic mass is 9.39. The number of Topliss-reactive ketones (excluding diaryl/α,β-unsaturated/α-hetero) is 2. The molecular formula is C42H60O9. The van der Waals surface area contributed by atoms with Crippen LogP contribution in [0, 0.1) is 62.1 Å². The molecule has 9 heteroatoms. The van der Waals surface area contributed by atoms with E-state index in [1.165, 1.54) is 6.92 Å². The van der Waals surface area contributed by atoms with Gasteiger partial charge in [-0.05, 0) is 104 Å². The summed E-state index contributed by atoms with van der Waals surface area (Å²) in [5.74, 6) is -0.801. The second-order valence-corrected chi connectivity index (χ2v) is 20.1. The summed E-state index contributed by atoms with van der Waals surface area (Å²) in [5, 5.41) is 56.6. The van der Waals surface area contributed by atoms with Crippen molar-refractivity contribution in [1.29, 1.82) is 0 Å². The predicted octanol–water partition coefficient (Wildman–Crippen LogP) is 4.60. The van der Waals surface area contributed by atoms with Gasteiger partial charge in [0.15, 0.2) is 11.6 Å². The number of ketones is 2. The molecule has 5 N–H and O–H groups in total. The first-order valence-electron chi connectivity index (χ1n) is 19.8. The zero-order valence-electron chi connectivity index (χ0n) is 31.4. The summed E-state index contributed by atoms with van der Waals surface area (Å²) in [4.78, 5) is 42.2. The molecule has 8 fully saturated rings. The number of allylic oxidation sites excluding steroid dienone is 3. The van der Waals surface area contributed by atoms with Crippen LogP contribution in [0.3, 0.4) is 0 Å². The standard InChI is InChI=1S/C42H60O9/c1-22(44)51-26-19-42(50)20-41(16-12-28-37(4,33(26)41)14-13-30(45)38(28,5)21-43)35(49)25(42)9-8-24-23-7-10-29-39(6)27(11-15-40(29,18-23)34(24)48)36(2,3)31(46)17-32(39)47/h8-9,23,26-33,43,45-47,50H,7,10-21H2,1-6H3/b24-8+,25-9-/t23-,26+,27-,28+,29+,30+,31-,32+,33+,37-,38+,39-,40-,41-,42+/m1/s1. The largest absolute Gasteiger partial charge is 0.462 e. The lowest BCUT2D eigenvalue weighted by molar-refractivity contribution is -0.234. The maximum absolute atomic E-state index is 14.9. The highest BCUT2D eigenvalue weighted by atomic mass is 16.5. The van der Waals surface area contributed by atoms with Gasteiger partial charge in [0.1, 0.15) is 6.10 Å². The number of aliphatic hydroxyl groups is 5. The number of hydrogen-bond donors (Lipinski definition) is 5. The highest BCUT2D eigenvalue weighted by molar-refractivity contribution is 6.07. The molecule has 51 heavy (non-hydrogen) atoms. The molecule has 8 saturated carbocycles. The van der Waals surface area contributed by atoms with Crippen molar-refractivity contribution in [2.75, 3.05) is 6.61 Å². The van der Waals surface area contributed by atoms with Crippen molar-refractivity contribution in [2.45, 2.75) is 149 Å². The summed E-state index contributed by atoms with van der Waals surface area (Å²) >= 11 is 0. The molecule has 0 amide bonds. The number of carbonyl (C=O) groups is 3. The van der Waals surface area contributed by atoms with Gasteiger partial charge < -0.3 is 30.3 Å². The molecule has 2 spiro atoms. The first-order valence-corrected chi connectivity index (χ1v) is 19.8. The monoisotopic (exact) mass is 708 g/mol. The van der Waals surface area contributed by atoms with Crippen molar-refractivity contribution in [2.24, 2.45) is 62.1 Å². The Morgan fingerprint density at radius 3 is 2.18 bits per heavy atom. The Morgan fingerprint density at radius 2 is 1.49 bits per heavy atom. The Labute approximate surface area is 302 Å². The van der Waals surface area contributed by atoms with Crippen LogP contribution >= 0.6 is 0 Å². The molecular weight excluding hydrogens is 648 g/mol. The predicted molar refractivity (Wildman–Crippen MR) is 188 cm³/mol. The molecule has 9 nitrogen and oxygen atoms in total. The smallest absolute Gasteiger partial charge is 0.302 e. The van der Waals surface area contributed by atoms with Gasteiger partial charge in [0.25, 0.3) is 0 Å². The molecule has 0 radical (unpaired) electrons. The molecule has 4 bridgehead atoms. The Hall–Kier alpha value is -1.91. The molecule has 8 aliphatic rings. The van der Waals surface area contributed by atoms with Gasteiger partial charge in [-0.3, -0.25) is 14.4 Å². The van der Waals surface area contributed by atoms with Gasteiger partial charge in [-0.25, -0.2) is 0 Å². The van der Waals surface area contributed by atoms with Gasteiger partial charge in [-0.1, -0.05) is 46.8 Å². The van der Waals surface area contributed by atoms with E-state index in [2.05, 4.69) is 27.7 Å². The van der Waals surface area contributed by atoms with Gasteiger partial charge >= 0.3 is 5.97 Å². The Morgan fingerprint density at radius 1 is 0.804 bits per heavy atom. The number of esters is 1. The Kier molecular flexibility index (Phi) is 7.84.